The molecule has 0 aliphatic carbocycles. The van der Waals surface area contributed by atoms with E-state index in [-0.39, 0.29) is 12.0 Å². The Labute approximate surface area is 88.9 Å². The third-order valence-electron chi connectivity index (χ3n) is 2.70. The van der Waals surface area contributed by atoms with E-state index in [0.29, 0.717) is 0 Å². The predicted molar refractivity (Wildman–Crippen MR) is 58.3 cm³/mol. The lowest BCUT2D eigenvalue weighted by molar-refractivity contribution is 0.545. The molecule has 2 aromatic heterocycles. The summed E-state index contributed by atoms with van der Waals surface area (Å²) in [5, 5.41) is 0. The summed E-state index contributed by atoms with van der Waals surface area (Å²) in [7, 11) is 0. The molecule has 0 amide bonds. The van der Waals surface area contributed by atoms with Gasteiger partial charge in [-0.1, -0.05) is 6.92 Å². The maximum atomic E-state index is 6.13. The highest BCUT2D eigenvalue weighted by atomic mass is 16.3. The Kier molecular flexibility index (Phi) is 2.83. The van der Waals surface area contributed by atoms with Crippen molar-refractivity contribution in [2.24, 2.45) is 5.73 Å². The van der Waals surface area contributed by atoms with Gasteiger partial charge in [0.05, 0.1) is 12.5 Å². The van der Waals surface area contributed by atoms with Crippen LogP contribution in [-0.4, -0.2) is 4.98 Å². The Morgan fingerprint density at radius 3 is 2.53 bits per heavy atom. The molecule has 2 aromatic rings. The quantitative estimate of drug-likeness (QED) is 0.831. The lowest BCUT2D eigenvalue weighted by Crippen LogP contribution is -2.16. The first-order chi connectivity index (χ1) is 7.29. The number of hydrogen-bond acceptors (Lipinski definition) is 3. The maximum Gasteiger partial charge on any atom is 0.0950 e. The van der Waals surface area contributed by atoms with Gasteiger partial charge in [0.1, 0.15) is 0 Å². The molecule has 0 radical (unpaired) electrons. The number of nitrogens with zero attached hydrogens (tertiary/aromatic N) is 1. The fraction of sp³-hybridized carbons (Fsp3) is 0.250. The molecule has 0 aliphatic heterocycles. The second-order valence-electron chi connectivity index (χ2n) is 3.65. The molecule has 0 aliphatic rings. The van der Waals surface area contributed by atoms with Gasteiger partial charge in [-0.15, -0.1) is 0 Å². The van der Waals surface area contributed by atoms with Gasteiger partial charge < -0.3 is 10.2 Å². The van der Waals surface area contributed by atoms with Gasteiger partial charge in [0.25, 0.3) is 0 Å². The standard InChI is InChI=1S/C12H14N2O/c1-9(10-2-5-14-6-3-10)12(13)11-4-7-15-8-11/h2-9,12H,13H2,1H3. The highest BCUT2D eigenvalue weighted by molar-refractivity contribution is 5.22. The van der Waals surface area contributed by atoms with E-state index in [9.17, 15) is 0 Å². The van der Waals surface area contributed by atoms with Crippen LogP contribution in [0.5, 0.6) is 0 Å². The zero-order chi connectivity index (χ0) is 10.7. The number of hydrogen-bond donors (Lipinski definition) is 1. The Balaban J connectivity index is 2.18. The highest BCUT2D eigenvalue weighted by Crippen LogP contribution is 2.28. The van der Waals surface area contributed by atoms with Gasteiger partial charge in [-0.3, -0.25) is 4.98 Å². The topological polar surface area (TPSA) is 52.0 Å². The Hall–Kier alpha value is -1.61. The summed E-state index contributed by atoms with van der Waals surface area (Å²) in [5.41, 5.74) is 8.35. The summed E-state index contributed by atoms with van der Waals surface area (Å²) in [6.45, 7) is 2.10. The second-order valence-corrected chi connectivity index (χ2v) is 3.65. The molecular formula is C12H14N2O. The minimum Gasteiger partial charge on any atom is -0.472 e. The van der Waals surface area contributed by atoms with Crippen LogP contribution in [0.25, 0.3) is 0 Å². The van der Waals surface area contributed by atoms with E-state index in [4.69, 9.17) is 10.2 Å². The van der Waals surface area contributed by atoms with Crippen LogP contribution in [0.1, 0.15) is 30.0 Å². The van der Waals surface area contributed by atoms with Gasteiger partial charge in [-0.05, 0) is 23.8 Å². The third kappa shape index (κ3) is 2.07. The normalized spacial score (nSPS) is 14.8. The third-order valence-corrected chi connectivity index (χ3v) is 2.70. The van der Waals surface area contributed by atoms with Gasteiger partial charge in [0.2, 0.25) is 0 Å². The molecule has 0 saturated carbocycles. The van der Waals surface area contributed by atoms with Crippen molar-refractivity contribution in [3.05, 3.63) is 54.2 Å². The van der Waals surface area contributed by atoms with E-state index in [1.54, 1.807) is 24.9 Å². The molecule has 2 heterocycles. The minimum absolute atomic E-state index is 0.0360. The van der Waals surface area contributed by atoms with Crippen LogP contribution < -0.4 is 5.73 Å². The lowest BCUT2D eigenvalue weighted by atomic mass is 9.91. The predicted octanol–water partition coefficient (Wildman–Crippen LogP) is 2.48. The number of nitrogens with two attached hydrogens (primary N) is 1. The number of pyridine rings is 1. The van der Waals surface area contributed by atoms with Crippen molar-refractivity contribution in [2.45, 2.75) is 18.9 Å². The first-order valence-corrected chi connectivity index (χ1v) is 4.96. The molecule has 0 aromatic carbocycles. The van der Waals surface area contributed by atoms with E-state index in [0.717, 1.165) is 5.56 Å². The first-order valence-electron chi connectivity index (χ1n) is 4.96. The molecule has 78 valence electrons. The molecule has 0 spiro atoms. The number of furan rings is 1. The van der Waals surface area contributed by atoms with Gasteiger partial charge in [0, 0.05) is 29.9 Å². The molecule has 0 fully saturated rings. The summed E-state index contributed by atoms with van der Waals surface area (Å²) >= 11 is 0. The Bertz CT molecular complexity index is 397. The van der Waals surface area contributed by atoms with E-state index < -0.39 is 0 Å². The fourth-order valence-electron chi connectivity index (χ4n) is 1.63. The Morgan fingerprint density at radius 2 is 1.93 bits per heavy atom. The molecule has 3 nitrogen and oxygen atoms in total. The second kappa shape index (κ2) is 4.28. The molecular weight excluding hydrogens is 188 g/mol. The average molecular weight is 202 g/mol. The first kappa shape index (κ1) is 9.93. The largest absolute Gasteiger partial charge is 0.472 e. The smallest absolute Gasteiger partial charge is 0.0950 e. The van der Waals surface area contributed by atoms with E-state index >= 15 is 0 Å². The van der Waals surface area contributed by atoms with Crippen molar-refractivity contribution >= 4 is 0 Å². The summed E-state index contributed by atoms with van der Waals surface area (Å²) in [5.74, 6) is 0.255. The van der Waals surface area contributed by atoms with Crippen LogP contribution in [0.2, 0.25) is 0 Å². The minimum atomic E-state index is -0.0360. The summed E-state index contributed by atoms with van der Waals surface area (Å²) in [6, 6.07) is 5.85. The summed E-state index contributed by atoms with van der Waals surface area (Å²) < 4.78 is 5.03. The van der Waals surface area contributed by atoms with Crippen LogP contribution in [-0.2, 0) is 0 Å². The highest BCUT2D eigenvalue weighted by Gasteiger charge is 2.17. The average Bonchev–Trinajstić information content (AvgIpc) is 2.82. The molecule has 2 N–H and O–H groups in total. The molecule has 0 bridgehead atoms. The summed E-state index contributed by atoms with van der Waals surface area (Å²) in [6.07, 6.45) is 6.92. The van der Waals surface area contributed by atoms with E-state index in [1.165, 1.54) is 5.56 Å². The van der Waals surface area contributed by atoms with Crippen molar-refractivity contribution in [2.75, 3.05) is 0 Å². The molecule has 2 unspecified atom stereocenters. The monoisotopic (exact) mass is 202 g/mol. The zero-order valence-corrected chi connectivity index (χ0v) is 8.63. The van der Waals surface area contributed by atoms with E-state index in [1.807, 2.05) is 18.2 Å². The van der Waals surface area contributed by atoms with Gasteiger partial charge >= 0.3 is 0 Å². The molecule has 3 heteroatoms. The lowest BCUT2D eigenvalue weighted by Gasteiger charge is -2.18. The summed E-state index contributed by atoms with van der Waals surface area (Å²) in [4.78, 5) is 3.99. The van der Waals surface area contributed by atoms with Gasteiger partial charge in [0.15, 0.2) is 0 Å². The van der Waals surface area contributed by atoms with Crippen LogP contribution >= 0.6 is 0 Å². The molecule has 0 saturated heterocycles. The molecule has 2 atom stereocenters. The fourth-order valence-corrected chi connectivity index (χ4v) is 1.63. The van der Waals surface area contributed by atoms with Gasteiger partial charge in [-0.25, -0.2) is 0 Å². The number of rotatable bonds is 3. The maximum absolute atomic E-state index is 6.13. The molecule has 15 heavy (non-hydrogen) atoms. The van der Waals surface area contributed by atoms with Crippen LogP contribution in [0, 0.1) is 0 Å². The zero-order valence-electron chi connectivity index (χ0n) is 8.63. The van der Waals surface area contributed by atoms with Crippen molar-refractivity contribution in [1.82, 2.24) is 4.98 Å². The Morgan fingerprint density at radius 1 is 1.20 bits per heavy atom. The van der Waals surface area contributed by atoms with Crippen LogP contribution in [0.15, 0.2) is 47.5 Å². The van der Waals surface area contributed by atoms with Crippen molar-refractivity contribution < 1.29 is 4.42 Å². The van der Waals surface area contributed by atoms with Crippen molar-refractivity contribution in [3.8, 4) is 0 Å². The van der Waals surface area contributed by atoms with Crippen molar-refractivity contribution in [1.29, 1.82) is 0 Å². The molecule has 2 rings (SSSR count). The van der Waals surface area contributed by atoms with Crippen molar-refractivity contribution in [3.63, 3.8) is 0 Å². The number of aromatic nitrogens is 1. The van der Waals surface area contributed by atoms with Gasteiger partial charge in [-0.2, -0.15) is 0 Å². The SMILES string of the molecule is CC(c1ccncc1)C(N)c1ccoc1. The van der Waals surface area contributed by atoms with E-state index in [2.05, 4.69) is 11.9 Å². The van der Waals surface area contributed by atoms with Crippen LogP contribution in [0.3, 0.4) is 0 Å². The van der Waals surface area contributed by atoms with Crippen LogP contribution in [0.4, 0.5) is 0 Å².